The molecule has 2 saturated heterocycles. The maximum Gasteiger partial charge on any atom is 0.387 e. The number of anilines is 1. The first-order valence-electron chi connectivity index (χ1n) is 8.51. The Bertz CT molecular complexity index is 595. The Kier molecular flexibility index (Phi) is 10.5. The smallest absolute Gasteiger partial charge is 0.387 e. The number of carbonyl (C=O) groups excluding carboxylic acids is 1. The zero-order valence-corrected chi connectivity index (χ0v) is 17.2. The Labute approximate surface area is 174 Å². The number of benzene rings is 1. The fourth-order valence-corrected chi connectivity index (χ4v) is 4.22. The second kappa shape index (κ2) is 11.8. The molecule has 2 unspecified atom stereocenters. The van der Waals surface area contributed by atoms with Crippen LogP contribution in [0.1, 0.15) is 12.8 Å². The Morgan fingerprint density at radius 3 is 2.85 bits per heavy atom. The SMILES string of the molecule is Cl.Cl.O=C(CC1CSCCN1)NC1CCN(c2ccccc2OC(F)F)C1. The summed E-state index contributed by atoms with van der Waals surface area (Å²) in [5, 5.41) is 6.42. The highest BCUT2D eigenvalue weighted by Crippen LogP contribution is 2.31. The van der Waals surface area contributed by atoms with Crippen LogP contribution in [0.5, 0.6) is 5.75 Å². The number of nitrogens with zero attached hydrogens (tertiary/aromatic N) is 1. The van der Waals surface area contributed by atoms with Crippen LogP contribution in [0.25, 0.3) is 0 Å². The monoisotopic (exact) mass is 443 g/mol. The molecule has 1 aromatic carbocycles. The molecule has 10 heteroatoms. The third-order valence-corrected chi connectivity index (χ3v) is 5.54. The lowest BCUT2D eigenvalue weighted by Gasteiger charge is -2.24. The van der Waals surface area contributed by atoms with Gasteiger partial charge < -0.3 is 20.3 Å². The summed E-state index contributed by atoms with van der Waals surface area (Å²) in [5.74, 6) is 2.27. The van der Waals surface area contributed by atoms with E-state index in [2.05, 4.69) is 15.4 Å². The van der Waals surface area contributed by atoms with E-state index in [4.69, 9.17) is 0 Å². The van der Waals surface area contributed by atoms with E-state index in [0.717, 1.165) is 24.5 Å². The molecule has 154 valence electrons. The van der Waals surface area contributed by atoms with E-state index in [0.29, 0.717) is 25.2 Å². The topological polar surface area (TPSA) is 53.6 Å². The van der Waals surface area contributed by atoms with Crippen molar-refractivity contribution in [1.82, 2.24) is 10.6 Å². The van der Waals surface area contributed by atoms with Crippen LogP contribution >= 0.6 is 36.6 Å². The highest BCUT2D eigenvalue weighted by Gasteiger charge is 2.27. The van der Waals surface area contributed by atoms with Gasteiger partial charge >= 0.3 is 6.61 Å². The molecule has 0 aliphatic carbocycles. The maximum absolute atomic E-state index is 12.6. The van der Waals surface area contributed by atoms with Crippen LogP contribution in [0.15, 0.2) is 24.3 Å². The molecule has 0 radical (unpaired) electrons. The van der Waals surface area contributed by atoms with Gasteiger partial charge in [-0.05, 0) is 18.6 Å². The van der Waals surface area contributed by atoms with Crippen LogP contribution in [0.2, 0.25) is 0 Å². The van der Waals surface area contributed by atoms with Gasteiger partial charge in [0.1, 0.15) is 5.75 Å². The van der Waals surface area contributed by atoms with Gasteiger partial charge in [-0.2, -0.15) is 20.5 Å². The van der Waals surface area contributed by atoms with Crippen LogP contribution < -0.4 is 20.3 Å². The highest BCUT2D eigenvalue weighted by atomic mass is 35.5. The van der Waals surface area contributed by atoms with Gasteiger partial charge in [0.2, 0.25) is 5.91 Å². The summed E-state index contributed by atoms with van der Waals surface area (Å²) in [6.07, 6.45) is 1.27. The summed E-state index contributed by atoms with van der Waals surface area (Å²) in [7, 11) is 0. The first kappa shape index (κ1) is 24.1. The fraction of sp³-hybridized carbons (Fsp3) is 0.588. The van der Waals surface area contributed by atoms with Crippen molar-refractivity contribution < 1.29 is 18.3 Å². The van der Waals surface area contributed by atoms with E-state index >= 15 is 0 Å². The summed E-state index contributed by atoms with van der Waals surface area (Å²) < 4.78 is 29.7. The molecule has 2 atom stereocenters. The van der Waals surface area contributed by atoms with Crippen molar-refractivity contribution in [1.29, 1.82) is 0 Å². The highest BCUT2D eigenvalue weighted by molar-refractivity contribution is 7.99. The first-order chi connectivity index (χ1) is 12.1. The van der Waals surface area contributed by atoms with Crippen molar-refractivity contribution in [3.8, 4) is 5.75 Å². The van der Waals surface area contributed by atoms with Crippen molar-refractivity contribution in [2.75, 3.05) is 36.0 Å². The quantitative estimate of drug-likeness (QED) is 0.707. The molecule has 27 heavy (non-hydrogen) atoms. The molecule has 2 heterocycles. The molecular formula is C17H25Cl2F2N3O2S. The van der Waals surface area contributed by atoms with Crippen molar-refractivity contribution in [2.45, 2.75) is 31.5 Å². The Hall–Kier alpha value is -0.960. The summed E-state index contributed by atoms with van der Waals surface area (Å²) in [5.41, 5.74) is 0.643. The minimum Gasteiger partial charge on any atom is -0.433 e. The molecule has 2 aliphatic rings. The number of thioether (sulfide) groups is 1. The summed E-state index contributed by atoms with van der Waals surface area (Å²) in [4.78, 5) is 14.2. The van der Waals surface area contributed by atoms with Crippen LogP contribution in [-0.4, -0.2) is 55.7 Å². The molecule has 2 aliphatic heterocycles. The van der Waals surface area contributed by atoms with E-state index in [1.807, 2.05) is 16.7 Å². The second-order valence-corrected chi connectivity index (χ2v) is 7.43. The molecule has 1 aromatic rings. The van der Waals surface area contributed by atoms with Gasteiger partial charge in [0.25, 0.3) is 0 Å². The Balaban J connectivity index is 0.00000182. The number of para-hydroxylation sites is 2. The largest absolute Gasteiger partial charge is 0.433 e. The molecule has 1 amide bonds. The Morgan fingerprint density at radius 2 is 2.15 bits per heavy atom. The number of rotatable bonds is 6. The number of ether oxygens (including phenoxy) is 1. The summed E-state index contributed by atoms with van der Waals surface area (Å²) in [6, 6.07) is 7.04. The molecule has 5 nitrogen and oxygen atoms in total. The zero-order valence-electron chi connectivity index (χ0n) is 14.7. The van der Waals surface area contributed by atoms with Crippen molar-refractivity contribution in [2.24, 2.45) is 0 Å². The van der Waals surface area contributed by atoms with Crippen LogP contribution in [0.4, 0.5) is 14.5 Å². The van der Waals surface area contributed by atoms with E-state index in [1.165, 1.54) is 0 Å². The predicted octanol–water partition coefficient (Wildman–Crippen LogP) is 2.92. The maximum atomic E-state index is 12.6. The molecule has 0 aromatic heterocycles. The Morgan fingerprint density at radius 1 is 1.37 bits per heavy atom. The lowest BCUT2D eigenvalue weighted by molar-refractivity contribution is -0.122. The van der Waals surface area contributed by atoms with Crippen LogP contribution in [0, 0.1) is 0 Å². The van der Waals surface area contributed by atoms with E-state index in [9.17, 15) is 13.6 Å². The first-order valence-corrected chi connectivity index (χ1v) is 9.66. The van der Waals surface area contributed by atoms with Crippen molar-refractivity contribution >= 4 is 48.2 Å². The van der Waals surface area contributed by atoms with Gasteiger partial charge in [-0.1, -0.05) is 12.1 Å². The van der Waals surface area contributed by atoms with Crippen LogP contribution in [-0.2, 0) is 4.79 Å². The minimum atomic E-state index is -2.85. The van der Waals surface area contributed by atoms with Gasteiger partial charge in [0, 0.05) is 49.6 Å². The number of carbonyl (C=O) groups is 1. The lowest BCUT2D eigenvalue weighted by Crippen LogP contribution is -2.44. The standard InChI is InChI=1S/C17H23F2N3O2S.2ClH/c18-17(19)24-15-4-2-1-3-14(15)22-7-5-12(10-22)21-16(23)9-13-11-25-8-6-20-13;;/h1-4,12-13,17,20H,5-11H2,(H,21,23);2*1H. The van der Waals surface area contributed by atoms with Crippen molar-refractivity contribution in [3.05, 3.63) is 24.3 Å². The number of hydrogen-bond donors (Lipinski definition) is 2. The molecule has 0 spiro atoms. The minimum absolute atomic E-state index is 0. The van der Waals surface area contributed by atoms with Gasteiger partial charge in [-0.3, -0.25) is 4.79 Å². The summed E-state index contributed by atoms with van der Waals surface area (Å²) in [6.45, 7) is -0.602. The number of amides is 1. The summed E-state index contributed by atoms with van der Waals surface area (Å²) >= 11 is 1.87. The van der Waals surface area contributed by atoms with Gasteiger partial charge in [-0.15, -0.1) is 24.8 Å². The average molecular weight is 444 g/mol. The van der Waals surface area contributed by atoms with Gasteiger partial charge in [0.05, 0.1) is 5.69 Å². The number of alkyl halides is 2. The second-order valence-electron chi connectivity index (χ2n) is 6.28. The molecule has 3 rings (SSSR count). The van der Waals surface area contributed by atoms with Gasteiger partial charge in [-0.25, -0.2) is 0 Å². The molecule has 2 fully saturated rings. The molecule has 0 saturated carbocycles. The molecule has 2 N–H and O–H groups in total. The fourth-order valence-electron chi connectivity index (χ4n) is 3.27. The zero-order chi connectivity index (χ0) is 17.6. The van der Waals surface area contributed by atoms with Gasteiger partial charge in [0.15, 0.2) is 0 Å². The lowest BCUT2D eigenvalue weighted by atomic mass is 10.2. The number of hydrogen-bond acceptors (Lipinski definition) is 5. The van der Waals surface area contributed by atoms with E-state index in [1.54, 1.807) is 24.3 Å². The third kappa shape index (κ3) is 7.18. The average Bonchev–Trinajstić information content (AvgIpc) is 3.04. The van der Waals surface area contributed by atoms with Crippen molar-refractivity contribution in [3.63, 3.8) is 0 Å². The molecule has 0 bridgehead atoms. The number of halogens is 4. The number of nitrogens with one attached hydrogen (secondary N) is 2. The van der Waals surface area contributed by atoms with Crippen LogP contribution in [0.3, 0.4) is 0 Å². The molecular weight excluding hydrogens is 419 g/mol. The third-order valence-electron chi connectivity index (χ3n) is 4.41. The predicted molar refractivity (Wildman–Crippen MR) is 110 cm³/mol. The normalized spacial score (nSPS) is 22.0. The van der Waals surface area contributed by atoms with E-state index in [-0.39, 0.29) is 48.6 Å². The van der Waals surface area contributed by atoms with E-state index < -0.39 is 6.61 Å².